The van der Waals surface area contributed by atoms with E-state index in [-0.39, 0.29) is 10.8 Å². The van der Waals surface area contributed by atoms with E-state index in [2.05, 4.69) is 24.1 Å². The quantitative estimate of drug-likeness (QED) is 0.785. The number of carbonyl (C=O) groups excluding carboxylic acids is 1. The summed E-state index contributed by atoms with van der Waals surface area (Å²) in [6.45, 7) is 8.80. The number of nitrogens with zero attached hydrogens (tertiary/aromatic N) is 2. The van der Waals surface area contributed by atoms with E-state index < -0.39 is 10.0 Å². The largest absolute Gasteiger partial charge is 0.350 e. The number of benzene rings is 1. The summed E-state index contributed by atoms with van der Waals surface area (Å²) in [4.78, 5) is 15.2. The van der Waals surface area contributed by atoms with Crippen LogP contribution in [0.15, 0.2) is 23.1 Å². The highest BCUT2D eigenvalue weighted by Gasteiger charge is 2.26. The first-order valence-electron chi connectivity index (χ1n) is 9.20. The second-order valence-corrected chi connectivity index (χ2v) is 9.65. The molecule has 0 saturated carbocycles. The third kappa shape index (κ3) is 4.64. The molecule has 1 atom stereocenters. The second kappa shape index (κ2) is 8.50. The fourth-order valence-electron chi connectivity index (χ4n) is 3.37. The number of sulfonamides is 1. The zero-order valence-electron chi connectivity index (χ0n) is 16.4. The molecule has 1 aliphatic heterocycles. The van der Waals surface area contributed by atoms with Gasteiger partial charge in [-0.15, -0.1) is 0 Å². The summed E-state index contributed by atoms with van der Waals surface area (Å²) in [6, 6.07) is 5.14. The zero-order valence-corrected chi connectivity index (χ0v) is 17.3. The van der Waals surface area contributed by atoms with E-state index in [0.717, 1.165) is 13.1 Å². The van der Waals surface area contributed by atoms with E-state index in [1.54, 1.807) is 19.1 Å². The SMILES string of the molecule is Cc1ccc(C(=O)NCC(C(C)C)N2CCCC2)cc1S(=O)(=O)N(C)C. The minimum Gasteiger partial charge on any atom is -0.350 e. The highest BCUT2D eigenvalue weighted by Crippen LogP contribution is 2.20. The van der Waals surface area contributed by atoms with Crippen molar-refractivity contribution in [2.24, 2.45) is 5.92 Å². The smallest absolute Gasteiger partial charge is 0.251 e. The van der Waals surface area contributed by atoms with E-state index in [1.807, 2.05) is 0 Å². The van der Waals surface area contributed by atoms with E-state index in [4.69, 9.17) is 0 Å². The summed E-state index contributed by atoms with van der Waals surface area (Å²) in [5.41, 5.74) is 1.01. The van der Waals surface area contributed by atoms with Crippen LogP contribution in [-0.4, -0.2) is 63.3 Å². The molecule has 1 heterocycles. The monoisotopic (exact) mass is 381 g/mol. The molecule has 6 nitrogen and oxygen atoms in total. The van der Waals surface area contributed by atoms with Crippen molar-refractivity contribution in [2.45, 2.75) is 44.6 Å². The molecule has 1 N–H and O–H groups in total. The highest BCUT2D eigenvalue weighted by atomic mass is 32.2. The fourth-order valence-corrected chi connectivity index (χ4v) is 4.52. The Kier molecular flexibility index (Phi) is 6.82. The molecule has 0 bridgehead atoms. The lowest BCUT2D eigenvalue weighted by Gasteiger charge is -2.31. The van der Waals surface area contributed by atoms with Crippen LogP contribution < -0.4 is 5.32 Å². The van der Waals surface area contributed by atoms with E-state index >= 15 is 0 Å². The lowest BCUT2D eigenvalue weighted by atomic mass is 10.0. The molecule has 1 unspecified atom stereocenters. The zero-order chi connectivity index (χ0) is 19.5. The van der Waals surface area contributed by atoms with Gasteiger partial charge in [0.2, 0.25) is 10.0 Å². The van der Waals surface area contributed by atoms with Crippen molar-refractivity contribution < 1.29 is 13.2 Å². The Labute approximate surface area is 157 Å². The first kappa shape index (κ1) is 20.9. The molecule has 1 fully saturated rings. The number of nitrogens with one attached hydrogen (secondary N) is 1. The molecule has 0 aliphatic carbocycles. The van der Waals surface area contributed by atoms with Gasteiger partial charge in [-0.2, -0.15) is 0 Å². The molecule has 1 aromatic rings. The Morgan fingerprint density at radius 1 is 1.23 bits per heavy atom. The molecule has 2 rings (SSSR count). The third-order valence-corrected chi connectivity index (χ3v) is 7.02. The number of rotatable bonds is 7. The summed E-state index contributed by atoms with van der Waals surface area (Å²) in [5, 5.41) is 3.00. The maximum atomic E-state index is 12.6. The van der Waals surface area contributed by atoms with Crippen molar-refractivity contribution >= 4 is 15.9 Å². The van der Waals surface area contributed by atoms with E-state index in [9.17, 15) is 13.2 Å². The van der Waals surface area contributed by atoms with Gasteiger partial charge in [-0.25, -0.2) is 12.7 Å². The summed E-state index contributed by atoms with van der Waals surface area (Å²) in [6.07, 6.45) is 2.42. The van der Waals surface area contributed by atoms with Gasteiger partial charge in [-0.1, -0.05) is 19.9 Å². The average Bonchev–Trinajstić information content (AvgIpc) is 3.08. The fraction of sp³-hybridized carbons (Fsp3) is 0.632. The summed E-state index contributed by atoms with van der Waals surface area (Å²) in [5.74, 6) is 0.209. The van der Waals surface area contributed by atoms with Gasteiger partial charge >= 0.3 is 0 Å². The highest BCUT2D eigenvalue weighted by molar-refractivity contribution is 7.89. The van der Waals surface area contributed by atoms with Crippen LogP contribution >= 0.6 is 0 Å². The van der Waals surface area contributed by atoms with Gasteiger partial charge in [-0.05, 0) is 56.5 Å². The van der Waals surface area contributed by atoms with Crippen molar-refractivity contribution in [3.63, 3.8) is 0 Å². The Morgan fingerprint density at radius 3 is 2.38 bits per heavy atom. The van der Waals surface area contributed by atoms with Gasteiger partial charge in [0.15, 0.2) is 0 Å². The van der Waals surface area contributed by atoms with E-state index in [0.29, 0.717) is 29.6 Å². The third-order valence-electron chi connectivity index (χ3n) is 5.06. The molecule has 0 radical (unpaired) electrons. The predicted octanol–water partition coefficient (Wildman–Crippen LogP) is 2.10. The predicted molar refractivity (Wildman–Crippen MR) is 104 cm³/mol. The summed E-state index contributed by atoms with van der Waals surface area (Å²) >= 11 is 0. The van der Waals surface area contributed by atoms with Crippen LogP contribution in [0.3, 0.4) is 0 Å². The maximum absolute atomic E-state index is 12.6. The Morgan fingerprint density at radius 2 is 1.85 bits per heavy atom. The summed E-state index contributed by atoms with van der Waals surface area (Å²) in [7, 11) is -0.595. The maximum Gasteiger partial charge on any atom is 0.251 e. The van der Waals surface area contributed by atoms with Crippen LogP contribution in [0.4, 0.5) is 0 Å². The van der Waals surface area contributed by atoms with Gasteiger partial charge in [0.05, 0.1) is 4.90 Å². The van der Waals surface area contributed by atoms with Gasteiger partial charge in [-0.3, -0.25) is 9.69 Å². The van der Waals surface area contributed by atoms with Crippen LogP contribution in [0, 0.1) is 12.8 Å². The topological polar surface area (TPSA) is 69.7 Å². The second-order valence-electron chi connectivity index (χ2n) is 7.53. The Hall–Kier alpha value is -1.44. The molecule has 1 saturated heterocycles. The molecule has 0 spiro atoms. The lowest BCUT2D eigenvalue weighted by Crippen LogP contribution is -2.45. The Balaban J connectivity index is 2.14. The molecule has 1 aliphatic rings. The normalized spacial score (nSPS) is 17.0. The van der Waals surface area contributed by atoms with Gasteiger partial charge in [0.1, 0.15) is 0 Å². The molecule has 7 heteroatoms. The van der Waals surface area contributed by atoms with Gasteiger partial charge in [0, 0.05) is 32.2 Å². The molecule has 0 aromatic heterocycles. The standard InChI is InChI=1S/C19H31N3O3S/c1-14(2)17(22-10-6-7-11-22)13-20-19(23)16-9-8-15(3)18(12-16)26(24,25)21(4)5/h8-9,12,14,17H,6-7,10-11,13H2,1-5H3,(H,20,23). The number of carbonyl (C=O) groups is 1. The lowest BCUT2D eigenvalue weighted by molar-refractivity contribution is 0.0927. The van der Waals surface area contributed by atoms with Crippen LogP contribution in [0.25, 0.3) is 0 Å². The number of likely N-dealkylation sites (tertiary alicyclic amines) is 1. The number of amides is 1. The van der Waals surface area contributed by atoms with E-state index in [1.165, 1.54) is 37.3 Å². The molecule has 146 valence electrons. The molecular weight excluding hydrogens is 350 g/mol. The van der Waals surface area contributed by atoms with Crippen molar-refractivity contribution in [2.75, 3.05) is 33.7 Å². The van der Waals surface area contributed by atoms with Crippen molar-refractivity contribution in [1.82, 2.24) is 14.5 Å². The first-order valence-corrected chi connectivity index (χ1v) is 10.6. The Bertz CT molecular complexity index is 738. The molecule has 26 heavy (non-hydrogen) atoms. The van der Waals surface area contributed by atoms with Gasteiger partial charge in [0.25, 0.3) is 5.91 Å². The molecular formula is C19H31N3O3S. The minimum atomic E-state index is -3.58. The van der Waals surface area contributed by atoms with Crippen LogP contribution in [0.2, 0.25) is 0 Å². The van der Waals surface area contributed by atoms with Crippen molar-refractivity contribution in [3.05, 3.63) is 29.3 Å². The first-order chi connectivity index (χ1) is 12.1. The van der Waals surface area contributed by atoms with Crippen molar-refractivity contribution in [1.29, 1.82) is 0 Å². The molecule has 1 amide bonds. The summed E-state index contributed by atoms with van der Waals surface area (Å²) < 4.78 is 26.1. The van der Waals surface area contributed by atoms with Crippen LogP contribution in [0.5, 0.6) is 0 Å². The average molecular weight is 382 g/mol. The van der Waals surface area contributed by atoms with Crippen LogP contribution in [-0.2, 0) is 10.0 Å². The van der Waals surface area contributed by atoms with Crippen molar-refractivity contribution in [3.8, 4) is 0 Å². The number of hydrogen-bond acceptors (Lipinski definition) is 4. The van der Waals surface area contributed by atoms with Gasteiger partial charge < -0.3 is 5.32 Å². The molecule has 1 aromatic carbocycles. The van der Waals surface area contributed by atoms with Crippen LogP contribution in [0.1, 0.15) is 42.6 Å². The number of aryl methyl sites for hydroxylation is 1. The minimum absolute atomic E-state index is 0.176. The number of hydrogen-bond donors (Lipinski definition) is 1.